The molecule has 11 atom stereocenters. The molecule has 1 saturated carbocycles. The third-order valence-electron chi connectivity index (χ3n) is 16.1. The molecule has 11 rings (SSSR count). The molecule has 366 valence electrons. The van der Waals surface area contributed by atoms with Crippen molar-refractivity contribution in [1.29, 1.82) is 0 Å². The second-order valence-corrected chi connectivity index (χ2v) is 21.2. The smallest absolute Gasteiger partial charge is 0.188 e. The van der Waals surface area contributed by atoms with Crippen LogP contribution in [0.15, 0.2) is 53.5 Å². The number of fused-ring (bicyclic) bond motifs is 2. The fraction of sp³-hybridized carbons (Fsp3) is 0.625. The lowest BCUT2D eigenvalue weighted by molar-refractivity contribution is 0.0166. The highest BCUT2D eigenvalue weighted by Gasteiger charge is 2.43. The molecule has 1 fully saturated rings. The van der Waals surface area contributed by atoms with Gasteiger partial charge in [0.05, 0.1) is 19.3 Å². The zero-order valence-electron chi connectivity index (χ0n) is 40.8. The van der Waals surface area contributed by atoms with Crippen molar-refractivity contribution in [3.05, 3.63) is 76.4 Å². The normalized spacial score (nSPS) is 29.2. The van der Waals surface area contributed by atoms with E-state index in [0.717, 1.165) is 78.3 Å². The Kier molecular flexibility index (Phi) is 16.0. The average molecular weight is 922 g/mol. The van der Waals surface area contributed by atoms with Crippen LogP contribution in [0.4, 0.5) is 0 Å². The summed E-state index contributed by atoms with van der Waals surface area (Å²) in [6, 6.07) is 11.4. The summed E-state index contributed by atoms with van der Waals surface area (Å²) in [6.07, 6.45) is 15.2. The number of guanidine groups is 1. The van der Waals surface area contributed by atoms with E-state index in [9.17, 15) is 25.5 Å². The minimum absolute atomic E-state index is 0.00363. The van der Waals surface area contributed by atoms with Crippen LogP contribution >= 0.6 is 0 Å². The Morgan fingerprint density at radius 3 is 2.49 bits per heavy atom. The second kappa shape index (κ2) is 21.9. The minimum atomic E-state index is -0.905. The van der Waals surface area contributed by atoms with Crippen molar-refractivity contribution < 1.29 is 39.7 Å². The van der Waals surface area contributed by atoms with Crippen molar-refractivity contribution in [1.82, 2.24) is 5.32 Å². The number of aliphatic imine (C=N–C) groups is 1. The Balaban J connectivity index is 1.23. The van der Waals surface area contributed by atoms with Crippen molar-refractivity contribution in [2.45, 2.75) is 154 Å². The van der Waals surface area contributed by atoms with Gasteiger partial charge >= 0.3 is 0 Å². The van der Waals surface area contributed by atoms with Gasteiger partial charge in [-0.1, -0.05) is 71.6 Å². The predicted molar refractivity (Wildman–Crippen MR) is 265 cm³/mol. The molecule has 8 N–H and O–H groups in total. The van der Waals surface area contributed by atoms with E-state index in [1.807, 2.05) is 12.1 Å². The van der Waals surface area contributed by atoms with Gasteiger partial charge in [0.25, 0.3) is 0 Å². The van der Waals surface area contributed by atoms with E-state index in [2.05, 4.69) is 56.2 Å². The summed E-state index contributed by atoms with van der Waals surface area (Å²) in [5.74, 6) is 4.00. The molecular formula is C56H79N3O8. The van der Waals surface area contributed by atoms with E-state index in [1.165, 1.54) is 19.3 Å². The predicted octanol–water partition coefficient (Wildman–Crippen LogP) is 9.67. The van der Waals surface area contributed by atoms with Crippen molar-refractivity contribution in [3.63, 3.8) is 0 Å². The number of nitrogens with one attached hydrogen (secondary N) is 1. The number of allylic oxidation sites excluding steroid dienone is 2. The molecule has 3 aliphatic carbocycles. The number of nitrogens with two attached hydrogens (primary N) is 1. The van der Waals surface area contributed by atoms with Gasteiger partial charge < -0.3 is 50.8 Å². The molecule has 0 aromatic heterocycles. The first kappa shape index (κ1) is 49.0. The summed E-state index contributed by atoms with van der Waals surface area (Å²) in [7, 11) is 1.71. The highest BCUT2D eigenvalue weighted by molar-refractivity contribution is 5.84. The summed E-state index contributed by atoms with van der Waals surface area (Å²) < 4.78 is 20.0. The maximum absolute atomic E-state index is 12.3. The number of nitrogens with zero attached hydrogens (tertiary/aromatic N) is 1. The van der Waals surface area contributed by atoms with Crippen molar-refractivity contribution in [3.8, 4) is 39.9 Å². The first-order valence-corrected chi connectivity index (χ1v) is 25.8. The molecule has 0 saturated heterocycles. The Hall–Kier alpha value is -4.45. The first-order chi connectivity index (χ1) is 32.4. The van der Waals surface area contributed by atoms with Gasteiger partial charge in [-0.05, 0) is 158 Å². The van der Waals surface area contributed by atoms with Gasteiger partial charge in [-0.3, -0.25) is 4.99 Å². The number of hydrogen-bond donors (Lipinski definition) is 7. The maximum atomic E-state index is 12.3. The summed E-state index contributed by atoms with van der Waals surface area (Å²) in [6.45, 7) is 10.1. The highest BCUT2D eigenvalue weighted by Crippen LogP contribution is 2.57. The highest BCUT2D eigenvalue weighted by atomic mass is 16.5. The SMILES string of the molecule is CCCCC[C@H](C)[C@H]1C[C@H]2C=C[C@@H]1C[C@H](O)CCCN=C(N)NCC[C@H]1[C@H](CO)CCC[C@H]1Oc1cc(ccc1O)[C@@H]1Oc3cc(OC)c4c(c3C[C@H]1O)[C@@H]2Cc1cc(O)c(CC(C)C)cc1-4. The van der Waals surface area contributed by atoms with E-state index in [-0.39, 0.29) is 48.0 Å². The van der Waals surface area contributed by atoms with E-state index in [1.54, 1.807) is 25.3 Å². The summed E-state index contributed by atoms with van der Waals surface area (Å²) in [4.78, 5) is 4.62. The average Bonchev–Trinajstić information content (AvgIpc) is 3.30. The largest absolute Gasteiger partial charge is 0.508 e. The molecule has 0 amide bonds. The molecule has 5 heterocycles. The molecule has 11 heteroatoms. The number of unbranched alkanes of at least 4 members (excludes halogenated alkanes) is 2. The van der Waals surface area contributed by atoms with Gasteiger partial charge in [-0.2, -0.15) is 0 Å². The van der Waals surface area contributed by atoms with Crippen LogP contribution in [0.25, 0.3) is 11.1 Å². The van der Waals surface area contributed by atoms with E-state index >= 15 is 0 Å². The number of phenolic OH excluding ortho intramolecular Hbond substituents is 2. The van der Waals surface area contributed by atoms with E-state index in [0.29, 0.717) is 97.5 Å². The Morgan fingerprint density at radius 1 is 0.896 bits per heavy atom. The van der Waals surface area contributed by atoms with Crippen LogP contribution in [0.1, 0.15) is 145 Å². The van der Waals surface area contributed by atoms with E-state index in [4.69, 9.17) is 19.9 Å². The number of methoxy groups -OCH3 is 1. The summed E-state index contributed by atoms with van der Waals surface area (Å²) >= 11 is 0. The molecule has 0 unspecified atom stereocenters. The van der Waals surface area contributed by atoms with Gasteiger partial charge in [0.2, 0.25) is 0 Å². The van der Waals surface area contributed by atoms with Crippen LogP contribution in [0, 0.1) is 41.4 Å². The van der Waals surface area contributed by atoms with Gasteiger partial charge in [-0.15, -0.1) is 0 Å². The lowest BCUT2D eigenvalue weighted by Gasteiger charge is -2.43. The topological polar surface area (TPSA) is 179 Å². The summed E-state index contributed by atoms with van der Waals surface area (Å²) in [5.41, 5.74) is 13.3. The number of ether oxygens (including phenoxy) is 3. The number of aliphatic hydroxyl groups is 3. The number of aromatic hydroxyl groups is 2. The van der Waals surface area contributed by atoms with Crippen LogP contribution in [0.5, 0.6) is 28.7 Å². The molecule has 0 radical (unpaired) electrons. The molecule has 8 bridgehead atoms. The van der Waals surface area contributed by atoms with Crippen LogP contribution in [-0.2, 0) is 19.3 Å². The zero-order chi connectivity index (χ0) is 47.4. The zero-order valence-corrected chi connectivity index (χ0v) is 40.8. The van der Waals surface area contributed by atoms with E-state index < -0.39 is 18.3 Å². The quantitative estimate of drug-likeness (QED) is 0.0807. The monoisotopic (exact) mass is 922 g/mol. The number of rotatable bonds is 9. The van der Waals surface area contributed by atoms with Gasteiger partial charge in [0.15, 0.2) is 17.5 Å². The van der Waals surface area contributed by atoms with Crippen LogP contribution in [0.3, 0.4) is 0 Å². The third-order valence-corrected chi connectivity index (χ3v) is 16.1. The van der Waals surface area contributed by atoms with Crippen LogP contribution in [-0.4, -0.2) is 76.6 Å². The minimum Gasteiger partial charge on any atom is -0.508 e. The third kappa shape index (κ3) is 10.9. The van der Waals surface area contributed by atoms with Gasteiger partial charge in [0, 0.05) is 49.2 Å². The van der Waals surface area contributed by atoms with Crippen LogP contribution < -0.4 is 25.3 Å². The number of benzene rings is 3. The van der Waals surface area contributed by atoms with Gasteiger partial charge in [-0.25, -0.2) is 0 Å². The van der Waals surface area contributed by atoms with Crippen molar-refractivity contribution in [2.24, 2.45) is 52.2 Å². The number of hydrogen-bond acceptors (Lipinski definition) is 11. The van der Waals surface area contributed by atoms with Crippen molar-refractivity contribution in [2.75, 3.05) is 26.8 Å². The number of phenols is 2. The Bertz CT molecular complexity index is 2220. The fourth-order valence-electron chi connectivity index (χ4n) is 12.7. The standard InChI is InChI=1S/C56H79N3O8/c1-6-7-8-11-33(4)42-24-35-16-15-34(42)23-40(61)13-10-20-58-56(57)59-21-19-41-37(31-60)12-9-14-49(41)66-51-28-36(17-18-46(51)62)55-48(64)29-45-50(67-55)30-52(65-5)54-44-26-39(22-32(2)3)47(63)27-38(44)25-43(35)53(45)54/h15-18,26-28,30,32-35,37,40-43,48-49,55,60-64H,6-14,19-25,29,31H2,1-5H3,(H3,57,58,59)/t33-,34+,35+,37-,40+,41-,42+,43+,48+,49+,55-/m0/s1. The molecule has 11 nitrogen and oxygen atoms in total. The molecule has 3 aromatic carbocycles. The molecule has 5 aliphatic heterocycles. The first-order valence-electron chi connectivity index (χ1n) is 25.8. The van der Waals surface area contributed by atoms with Crippen LogP contribution in [0.2, 0.25) is 0 Å². The lowest BCUT2D eigenvalue weighted by atomic mass is 9.62. The van der Waals surface area contributed by atoms with Crippen molar-refractivity contribution >= 4 is 5.96 Å². The maximum Gasteiger partial charge on any atom is 0.188 e. The van der Waals surface area contributed by atoms with Gasteiger partial charge in [0.1, 0.15) is 29.5 Å². The fourth-order valence-corrected chi connectivity index (χ4v) is 12.7. The Labute approximate surface area is 399 Å². The second-order valence-electron chi connectivity index (χ2n) is 21.2. The molecule has 0 spiro atoms. The number of aliphatic hydroxyl groups excluding tert-OH is 3. The summed E-state index contributed by atoms with van der Waals surface area (Å²) in [5, 5.41) is 60.4. The molecule has 3 aromatic rings. The molecular weight excluding hydrogens is 843 g/mol. The molecule has 67 heavy (non-hydrogen) atoms. The molecule has 8 aliphatic rings. The Morgan fingerprint density at radius 2 is 1.72 bits per heavy atom. The lowest BCUT2D eigenvalue weighted by Crippen LogP contribution is -2.41.